The first-order chi connectivity index (χ1) is 12.5. The minimum absolute atomic E-state index is 0.0422. The molecule has 0 bridgehead atoms. The van der Waals surface area contributed by atoms with E-state index in [0.717, 1.165) is 12.8 Å². The molecule has 1 aliphatic rings. The van der Waals surface area contributed by atoms with Crippen LogP contribution in [-0.2, 0) is 17.6 Å². The molecule has 0 atom stereocenters. The summed E-state index contributed by atoms with van der Waals surface area (Å²) < 4.78 is 0. The van der Waals surface area contributed by atoms with Gasteiger partial charge in [0.05, 0.1) is 20.6 Å². The number of carbonyl (C=O) groups excluding carboxylic acids is 2. The molecule has 0 radical (unpaired) electrons. The van der Waals surface area contributed by atoms with Crippen molar-refractivity contribution in [2.45, 2.75) is 32.6 Å². The van der Waals surface area contributed by atoms with E-state index in [1.54, 1.807) is 29.5 Å². The van der Waals surface area contributed by atoms with Crippen LogP contribution < -0.4 is 5.32 Å². The SMILES string of the molecule is CCN(CC(=O)Nc1c(Cl)cccc1Cl)C(=O)c1cc2c(s1)CCCC2. The molecule has 1 N–H and O–H groups in total. The van der Waals surface area contributed by atoms with Gasteiger partial charge in [-0.25, -0.2) is 0 Å². The summed E-state index contributed by atoms with van der Waals surface area (Å²) in [5.74, 6) is -0.427. The highest BCUT2D eigenvalue weighted by atomic mass is 35.5. The number of hydrogen-bond acceptors (Lipinski definition) is 3. The highest BCUT2D eigenvalue weighted by Crippen LogP contribution is 2.31. The molecule has 0 saturated heterocycles. The molecule has 0 saturated carbocycles. The highest BCUT2D eigenvalue weighted by molar-refractivity contribution is 7.14. The van der Waals surface area contributed by atoms with E-state index in [0.29, 0.717) is 27.2 Å². The normalized spacial score (nSPS) is 13.2. The first kappa shape index (κ1) is 19.2. The topological polar surface area (TPSA) is 49.4 Å². The van der Waals surface area contributed by atoms with Gasteiger partial charge >= 0.3 is 0 Å². The standard InChI is InChI=1S/C19H20Cl2N2O2S/c1-2-23(11-17(24)22-18-13(20)7-5-8-14(18)21)19(25)16-10-12-6-3-4-9-15(12)26-16/h5,7-8,10H,2-4,6,9,11H2,1H3,(H,22,24). The van der Waals surface area contributed by atoms with Gasteiger partial charge in [0, 0.05) is 11.4 Å². The lowest BCUT2D eigenvalue weighted by molar-refractivity contribution is -0.116. The molecule has 1 aromatic heterocycles. The summed E-state index contributed by atoms with van der Waals surface area (Å²) in [6, 6.07) is 7.01. The number of benzene rings is 1. The number of amides is 2. The minimum Gasteiger partial charge on any atom is -0.329 e. The number of anilines is 1. The van der Waals surface area contributed by atoms with Crippen molar-refractivity contribution in [1.82, 2.24) is 4.90 Å². The Morgan fingerprint density at radius 2 is 1.88 bits per heavy atom. The maximum atomic E-state index is 12.8. The number of likely N-dealkylation sites (N-methyl/N-ethyl adjacent to an activating group) is 1. The number of aryl methyl sites for hydroxylation is 2. The second-order valence-corrected chi connectivity index (χ2v) is 8.18. The summed E-state index contributed by atoms with van der Waals surface area (Å²) in [4.78, 5) is 28.8. The average Bonchev–Trinajstić information content (AvgIpc) is 3.06. The second-order valence-electron chi connectivity index (χ2n) is 6.23. The zero-order valence-corrected chi connectivity index (χ0v) is 16.8. The summed E-state index contributed by atoms with van der Waals surface area (Å²) in [7, 11) is 0. The van der Waals surface area contributed by atoms with E-state index < -0.39 is 0 Å². The highest BCUT2D eigenvalue weighted by Gasteiger charge is 2.23. The van der Waals surface area contributed by atoms with Crippen LogP contribution in [0.3, 0.4) is 0 Å². The van der Waals surface area contributed by atoms with Gasteiger partial charge in [-0.05, 0) is 56.4 Å². The molecular weight excluding hydrogens is 391 g/mol. The van der Waals surface area contributed by atoms with Crippen LogP contribution in [0.2, 0.25) is 10.0 Å². The van der Waals surface area contributed by atoms with E-state index in [2.05, 4.69) is 5.32 Å². The van der Waals surface area contributed by atoms with Crippen molar-refractivity contribution >= 4 is 52.0 Å². The van der Waals surface area contributed by atoms with Crippen molar-refractivity contribution < 1.29 is 9.59 Å². The van der Waals surface area contributed by atoms with Crippen LogP contribution in [-0.4, -0.2) is 29.8 Å². The third kappa shape index (κ3) is 4.22. The Bertz CT molecular complexity index is 791. The van der Waals surface area contributed by atoms with Crippen LogP contribution in [0, 0.1) is 0 Å². The summed E-state index contributed by atoms with van der Waals surface area (Å²) in [6.45, 7) is 2.27. The van der Waals surface area contributed by atoms with Crippen LogP contribution in [0.5, 0.6) is 0 Å². The molecule has 26 heavy (non-hydrogen) atoms. The molecule has 138 valence electrons. The predicted molar refractivity (Wildman–Crippen MR) is 108 cm³/mol. The smallest absolute Gasteiger partial charge is 0.264 e. The summed E-state index contributed by atoms with van der Waals surface area (Å²) >= 11 is 13.7. The molecule has 0 aliphatic heterocycles. The van der Waals surface area contributed by atoms with Gasteiger partial charge in [0.1, 0.15) is 6.54 Å². The zero-order chi connectivity index (χ0) is 18.7. The largest absolute Gasteiger partial charge is 0.329 e. The van der Waals surface area contributed by atoms with Gasteiger partial charge in [0.15, 0.2) is 0 Å². The van der Waals surface area contributed by atoms with Crippen LogP contribution in [0.25, 0.3) is 0 Å². The lowest BCUT2D eigenvalue weighted by atomic mass is 9.99. The monoisotopic (exact) mass is 410 g/mol. The maximum Gasteiger partial charge on any atom is 0.264 e. The van der Waals surface area contributed by atoms with E-state index in [1.165, 1.54) is 28.2 Å². The third-order valence-electron chi connectivity index (χ3n) is 4.44. The molecule has 0 spiro atoms. The molecule has 2 aromatic rings. The maximum absolute atomic E-state index is 12.8. The number of fused-ring (bicyclic) bond motifs is 1. The fourth-order valence-electron chi connectivity index (χ4n) is 3.05. The molecule has 1 aromatic carbocycles. The van der Waals surface area contributed by atoms with Crippen LogP contribution >= 0.6 is 34.5 Å². The Balaban J connectivity index is 1.69. The Hall–Kier alpha value is -1.56. The van der Waals surface area contributed by atoms with Crippen molar-refractivity contribution in [3.63, 3.8) is 0 Å². The van der Waals surface area contributed by atoms with Crippen molar-refractivity contribution in [3.8, 4) is 0 Å². The van der Waals surface area contributed by atoms with E-state index in [9.17, 15) is 9.59 Å². The van der Waals surface area contributed by atoms with Gasteiger partial charge in [-0.1, -0.05) is 29.3 Å². The molecular formula is C19H20Cl2N2O2S. The van der Waals surface area contributed by atoms with E-state index in [1.807, 2.05) is 13.0 Å². The Morgan fingerprint density at radius 3 is 2.54 bits per heavy atom. The number of para-hydroxylation sites is 1. The fraction of sp³-hybridized carbons (Fsp3) is 0.368. The molecule has 0 unspecified atom stereocenters. The number of halogens is 2. The number of rotatable bonds is 5. The summed E-state index contributed by atoms with van der Waals surface area (Å²) in [5.41, 5.74) is 1.66. The first-order valence-corrected chi connectivity index (χ1v) is 10.2. The van der Waals surface area contributed by atoms with Gasteiger partial charge in [-0.2, -0.15) is 0 Å². The quantitative estimate of drug-likeness (QED) is 0.750. The number of nitrogens with zero attached hydrogens (tertiary/aromatic N) is 1. The number of thiophene rings is 1. The van der Waals surface area contributed by atoms with Gasteiger partial charge in [-0.3, -0.25) is 9.59 Å². The molecule has 3 rings (SSSR count). The summed E-state index contributed by atoms with van der Waals surface area (Å²) in [5, 5.41) is 3.44. The van der Waals surface area contributed by atoms with E-state index >= 15 is 0 Å². The number of nitrogens with one attached hydrogen (secondary N) is 1. The van der Waals surface area contributed by atoms with E-state index in [-0.39, 0.29) is 18.4 Å². The van der Waals surface area contributed by atoms with Crippen LogP contribution in [0.4, 0.5) is 5.69 Å². The number of carbonyl (C=O) groups is 2. The molecule has 7 heteroatoms. The third-order valence-corrected chi connectivity index (χ3v) is 6.29. The van der Waals surface area contributed by atoms with Crippen LogP contribution in [0.15, 0.2) is 24.3 Å². The van der Waals surface area contributed by atoms with Crippen molar-refractivity contribution in [3.05, 3.63) is 49.6 Å². The summed E-state index contributed by atoms with van der Waals surface area (Å²) in [6.07, 6.45) is 4.44. The lowest BCUT2D eigenvalue weighted by Crippen LogP contribution is -2.37. The van der Waals surface area contributed by atoms with Gasteiger partial charge < -0.3 is 10.2 Å². The molecule has 0 fully saturated rings. The fourth-order valence-corrected chi connectivity index (χ4v) is 4.76. The minimum atomic E-state index is -0.323. The van der Waals surface area contributed by atoms with Crippen molar-refractivity contribution in [2.24, 2.45) is 0 Å². The van der Waals surface area contributed by atoms with Crippen molar-refractivity contribution in [2.75, 3.05) is 18.4 Å². The Morgan fingerprint density at radius 1 is 1.19 bits per heavy atom. The molecule has 2 amide bonds. The second kappa shape index (κ2) is 8.42. The van der Waals surface area contributed by atoms with Crippen molar-refractivity contribution in [1.29, 1.82) is 0 Å². The zero-order valence-electron chi connectivity index (χ0n) is 14.5. The number of hydrogen-bond donors (Lipinski definition) is 1. The predicted octanol–water partition coefficient (Wildman–Crippen LogP) is 5.03. The van der Waals surface area contributed by atoms with E-state index in [4.69, 9.17) is 23.2 Å². The Labute approximate surface area is 167 Å². The molecule has 4 nitrogen and oxygen atoms in total. The van der Waals surface area contributed by atoms with Crippen LogP contribution in [0.1, 0.15) is 39.9 Å². The van der Waals surface area contributed by atoms with Gasteiger partial charge in [0.2, 0.25) is 5.91 Å². The lowest BCUT2D eigenvalue weighted by Gasteiger charge is -2.20. The average molecular weight is 411 g/mol. The first-order valence-electron chi connectivity index (χ1n) is 8.64. The molecule has 1 heterocycles. The molecule has 1 aliphatic carbocycles. The van der Waals surface area contributed by atoms with Gasteiger partial charge in [0.25, 0.3) is 5.91 Å². The van der Waals surface area contributed by atoms with Gasteiger partial charge in [-0.15, -0.1) is 11.3 Å². The Kier molecular flexibility index (Phi) is 6.22.